The number of amides is 2. The summed E-state index contributed by atoms with van der Waals surface area (Å²) in [7, 11) is 0. The topological polar surface area (TPSA) is 79.5 Å². The lowest BCUT2D eigenvalue weighted by Gasteiger charge is -2.16. The Labute approximate surface area is 165 Å². The molecule has 1 saturated heterocycles. The fraction of sp³-hybridized carbons (Fsp3) is 0.364. The molecule has 2 aromatic rings. The molecule has 1 aliphatic rings. The van der Waals surface area contributed by atoms with Crippen LogP contribution in [0.3, 0.4) is 0 Å². The van der Waals surface area contributed by atoms with Gasteiger partial charge in [-0.25, -0.2) is 0 Å². The number of anilines is 1. The minimum absolute atomic E-state index is 0.0829. The number of para-hydroxylation sites is 1. The van der Waals surface area contributed by atoms with E-state index in [9.17, 15) is 9.59 Å². The van der Waals surface area contributed by atoms with Gasteiger partial charge in [0.25, 0.3) is 5.91 Å². The van der Waals surface area contributed by atoms with Crippen LogP contribution in [0.25, 0.3) is 0 Å². The lowest BCUT2D eigenvalue weighted by atomic mass is 10.1. The summed E-state index contributed by atoms with van der Waals surface area (Å²) in [5.41, 5.74) is 2.20. The normalized spacial score (nSPS) is 17.0. The molecule has 6 heteroatoms. The number of carbonyl (C=O) groups is 2. The summed E-state index contributed by atoms with van der Waals surface area (Å²) >= 11 is 0. The van der Waals surface area contributed by atoms with Gasteiger partial charge in [0.2, 0.25) is 5.91 Å². The SMILES string of the molecule is C[C@H](NC(=O)CNc1ccccc1C(=O)NC[C@@H]1CCCO1)c1ccccc1. The van der Waals surface area contributed by atoms with Gasteiger partial charge in [0.05, 0.1) is 24.3 Å². The Bertz CT molecular complexity index is 789. The third kappa shape index (κ3) is 5.57. The number of carbonyl (C=O) groups excluding carboxylic acids is 2. The van der Waals surface area contributed by atoms with E-state index < -0.39 is 0 Å². The second-order valence-electron chi connectivity index (χ2n) is 6.94. The summed E-state index contributed by atoms with van der Waals surface area (Å²) in [5.74, 6) is -0.303. The van der Waals surface area contributed by atoms with E-state index in [1.54, 1.807) is 12.1 Å². The van der Waals surface area contributed by atoms with E-state index in [1.165, 1.54) is 0 Å². The zero-order valence-corrected chi connectivity index (χ0v) is 16.1. The molecule has 0 spiro atoms. The number of hydrogen-bond acceptors (Lipinski definition) is 4. The molecule has 2 amide bonds. The predicted octanol–water partition coefficient (Wildman–Crippen LogP) is 2.88. The van der Waals surface area contributed by atoms with Crippen LogP contribution in [-0.4, -0.2) is 37.6 Å². The first-order valence-electron chi connectivity index (χ1n) is 9.70. The molecule has 28 heavy (non-hydrogen) atoms. The second-order valence-corrected chi connectivity index (χ2v) is 6.94. The molecule has 0 unspecified atom stereocenters. The van der Waals surface area contributed by atoms with Crippen molar-refractivity contribution in [3.8, 4) is 0 Å². The van der Waals surface area contributed by atoms with Crippen LogP contribution in [-0.2, 0) is 9.53 Å². The Balaban J connectivity index is 1.52. The molecule has 2 aromatic carbocycles. The molecule has 3 N–H and O–H groups in total. The third-order valence-electron chi connectivity index (χ3n) is 4.80. The average Bonchev–Trinajstić information content (AvgIpc) is 3.25. The number of rotatable bonds is 8. The predicted molar refractivity (Wildman–Crippen MR) is 109 cm³/mol. The molecule has 0 bridgehead atoms. The van der Waals surface area contributed by atoms with Crippen molar-refractivity contribution in [1.82, 2.24) is 10.6 Å². The number of benzene rings is 2. The molecule has 3 rings (SSSR count). The first-order chi connectivity index (χ1) is 13.6. The summed E-state index contributed by atoms with van der Waals surface area (Å²) in [4.78, 5) is 24.8. The molecule has 1 aliphatic heterocycles. The van der Waals surface area contributed by atoms with Crippen molar-refractivity contribution in [2.24, 2.45) is 0 Å². The average molecular weight is 381 g/mol. The maximum atomic E-state index is 12.5. The van der Waals surface area contributed by atoms with Crippen LogP contribution in [0.4, 0.5) is 5.69 Å². The minimum Gasteiger partial charge on any atom is -0.376 e. The third-order valence-corrected chi connectivity index (χ3v) is 4.80. The highest BCUT2D eigenvalue weighted by atomic mass is 16.5. The molecule has 1 heterocycles. The monoisotopic (exact) mass is 381 g/mol. The maximum absolute atomic E-state index is 12.5. The number of hydrogen-bond donors (Lipinski definition) is 3. The fourth-order valence-corrected chi connectivity index (χ4v) is 3.24. The summed E-state index contributed by atoms with van der Waals surface area (Å²) in [6, 6.07) is 16.9. The lowest BCUT2D eigenvalue weighted by Crippen LogP contribution is -2.34. The van der Waals surface area contributed by atoms with E-state index in [-0.39, 0.29) is 30.5 Å². The Morgan fingerprint density at radius 3 is 2.61 bits per heavy atom. The van der Waals surface area contributed by atoms with Crippen molar-refractivity contribution in [3.05, 3.63) is 65.7 Å². The van der Waals surface area contributed by atoms with Gasteiger partial charge in [-0.1, -0.05) is 42.5 Å². The fourth-order valence-electron chi connectivity index (χ4n) is 3.24. The molecular formula is C22H27N3O3. The standard InChI is InChI=1S/C22H27N3O3/c1-16(17-8-3-2-4-9-17)25-21(26)15-23-20-12-6-5-11-19(20)22(27)24-14-18-10-7-13-28-18/h2-6,8-9,11-12,16,18,23H,7,10,13-15H2,1H3,(H,24,27)(H,25,26)/t16-,18-/m0/s1. The van der Waals surface area contributed by atoms with Gasteiger partial charge in [0.15, 0.2) is 0 Å². The molecule has 2 atom stereocenters. The van der Waals surface area contributed by atoms with Crippen molar-refractivity contribution in [3.63, 3.8) is 0 Å². The van der Waals surface area contributed by atoms with Crippen LogP contribution < -0.4 is 16.0 Å². The lowest BCUT2D eigenvalue weighted by molar-refractivity contribution is -0.120. The smallest absolute Gasteiger partial charge is 0.253 e. The van der Waals surface area contributed by atoms with Gasteiger partial charge in [0, 0.05) is 18.8 Å². The molecule has 148 valence electrons. The van der Waals surface area contributed by atoms with Crippen LogP contribution in [0.2, 0.25) is 0 Å². The molecule has 0 aliphatic carbocycles. The van der Waals surface area contributed by atoms with Crippen molar-refractivity contribution in [1.29, 1.82) is 0 Å². The van der Waals surface area contributed by atoms with Crippen LogP contribution in [0.15, 0.2) is 54.6 Å². The quantitative estimate of drug-likeness (QED) is 0.657. The molecule has 0 radical (unpaired) electrons. The Morgan fingerprint density at radius 1 is 1.11 bits per heavy atom. The van der Waals surface area contributed by atoms with Gasteiger partial charge < -0.3 is 20.7 Å². The first-order valence-corrected chi connectivity index (χ1v) is 9.70. The van der Waals surface area contributed by atoms with Gasteiger partial charge in [-0.2, -0.15) is 0 Å². The number of ether oxygens (including phenoxy) is 1. The minimum atomic E-state index is -0.170. The van der Waals surface area contributed by atoms with Gasteiger partial charge >= 0.3 is 0 Å². The summed E-state index contributed by atoms with van der Waals surface area (Å²) in [6.45, 7) is 3.30. The van der Waals surface area contributed by atoms with E-state index >= 15 is 0 Å². The maximum Gasteiger partial charge on any atom is 0.253 e. The molecule has 0 aromatic heterocycles. The van der Waals surface area contributed by atoms with E-state index in [4.69, 9.17) is 4.74 Å². The Kier molecular flexibility index (Phi) is 7.03. The molecule has 6 nitrogen and oxygen atoms in total. The zero-order chi connectivity index (χ0) is 19.8. The van der Waals surface area contributed by atoms with Gasteiger partial charge in [-0.3, -0.25) is 9.59 Å². The Morgan fingerprint density at radius 2 is 1.86 bits per heavy atom. The molecule has 1 fully saturated rings. The zero-order valence-electron chi connectivity index (χ0n) is 16.1. The molecule has 0 saturated carbocycles. The van der Waals surface area contributed by atoms with E-state index in [0.29, 0.717) is 17.8 Å². The highest BCUT2D eigenvalue weighted by Crippen LogP contribution is 2.16. The molecular weight excluding hydrogens is 354 g/mol. The highest BCUT2D eigenvalue weighted by Gasteiger charge is 2.18. The van der Waals surface area contributed by atoms with Crippen LogP contribution >= 0.6 is 0 Å². The van der Waals surface area contributed by atoms with Crippen LogP contribution in [0.5, 0.6) is 0 Å². The van der Waals surface area contributed by atoms with Crippen LogP contribution in [0.1, 0.15) is 41.7 Å². The van der Waals surface area contributed by atoms with Crippen molar-refractivity contribution < 1.29 is 14.3 Å². The van der Waals surface area contributed by atoms with Gasteiger partial charge in [-0.15, -0.1) is 0 Å². The van der Waals surface area contributed by atoms with Crippen molar-refractivity contribution in [2.45, 2.75) is 31.9 Å². The highest BCUT2D eigenvalue weighted by molar-refractivity contribution is 6.00. The van der Waals surface area contributed by atoms with Crippen molar-refractivity contribution in [2.75, 3.05) is 25.0 Å². The first kappa shape index (κ1) is 19.9. The summed E-state index contributed by atoms with van der Waals surface area (Å²) in [5, 5.41) is 8.95. The number of nitrogens with one attached hydrogen (secondary N) is 3. The Hall–Kier alpha value is -2.86. The van der Waals surface area contributed by atoms with E-state index in [1.807, 2.05) is 49.4 Å². The summed E-state index contributed by atoms with van der Waals surface area (Å²) in [6.07, 6.45) is 2.10. The summed E-state index contributed by atoms with van der Waals surface area (Å²) < 4.78 is 5.54. The van der Waals surface area contributed by atoms with Crippen molar-refractivity contribution >= 4 is 17.5 Å². The second kappa shape index (κ2) is 9.90. The van der Waals surface area contributed by atoms with E-state index in [2.05, 4.69) is 16.0 Å². The van der Waals surface area contributed by atoms with Gasteiger partial charge in [0.1, 0.15) is 0 Å². The van der Waals surface area contributed by atoms with E-state index in [0.717, 1.165) is 25.0 Å². The largest absolute Gasteiger partial charge is 0.376 e. The van der Waals surface area contributed by atoms with Gasteiger partial charge in [-0.05, 0) is 37.5 Å². The van der Waals surface area contributed by atoms with Crippen LogP contribution in [0, 0.1) is 0 Å².